The lowest BCUT2D eigenvalue weighted by atomic mass is 9.92. The Morgan fingerprint density at radius 1 is 0.231 bits per heavy atom. The molecule has 0 nitrogen and oxygen atoms in total. The number of hydrogen-bond acceptors (Lipinski definition) is 0. The van der Waals surface area contributed by atoms with Crippen molar-refractivity contribution in [2.45, 2.75) is 6.42 Å². The van der Waals surface area contributed by atoms with Gasteiger partial charge in [-0.1, -0.05) is 273 Å². The minimum absolute atomic E-state index is 0.821. The van der Waals surface area contributed by atoms with E-state index < -0.39 is 0 Å². The smallest absolute Gasteiger partial charge is 0.00880 e. The van der Waals surface area contributed by atoms with Crippen molar-refractivity contribution in [3.8, 4) is 55.6 Å². The minimum atomic E-state index is 0.821. The molecule has 0 aliphatic carbocycles. The number of benzene rings is 10. The summed E-state index contributed by atoms with van der Waals surface area (Å²) in [5, 5.41) is 0. The normalized spacial score (nSPS) is 10.8. The predicted molar refractivity (Wildman–Crippen MR) is 277 cm³/mol. The zero-order valence-electron chi connectivity index (χ0n) is 36.3. The van der Waals surface area contributed by atoms with Gasteiger partial charge in [-0.2, -0.15) is 0 Å². The minimum Gasteiger partial charge on any atom is -0.0717 e. The number of rotatable bonds is 12. The molecule has 0 saturated carbocycles. The summed E-state index contributed by atoms with van der Waals surface area (Å²) >= 11 is 0. The first-order valence-corrected chi connectivity index (χ1v) is 22.4. The van der Waals surface area contributed by atoms with Gasteiger partial charge in [0, 0.05) is 0 Å². The van der Waals surface area contributed by atoms with Crippen LogP contribution in [-0.4, -0.2) is 0 Å². The van der Waals surface area contributed by atoms with Crippen LogP contribution in [0.25, 0.3) is 72.9 Å². The summed E-state index contributed by atoms with van der Waals surface area (Å²) in [6.45, 7) is 0. The average molecular weight is 829 g/mol. The first-order chi connectivity index (χ1) is 32.2. The second-order valence-corrected chi connectivity index (χ2v) is 16.5. The van der Waals surface area contributed by atoms with Gasteiger partial charge >= 0.3 is 0 Å². The van der Waals surface area contributed by atoms with Gasteiger partial charge < -0.3 is 0 Å². The Hall–Kier alpha value is -8.32. The molecule has 0 spiro atoms. The van der Waals surface area contributed by atoms with E-state index in [9.17, 15) is 0 Å². The van der Waals surface area contributed by atoms with Gasteiger partial charge in [-0.05, 0) is 113 Å². The Balaban J connectivity index is 0.903. The summed E-state index contributed by atoms with van der Waals surface area (Å²) in [6, 6.07) is 96.2. The van der Waals surface area contributed by atoms with Gasteiger partial charge in [0.2, 0.25) is 0 Å². The maximum Gasteiger partial charge on any atom is -0.00880 e. The molecule has 0 saturated heterocycles. The third-order valence-electron chi connectivity index (χ3n) is 12.3. The van der Waals surface area contributed by atoms with Gasteiger partial charge in [-0.25, -0.2) is 0 Å². The fourth-order valence-electron chi connectivity index (χ4n) is 8.62. The Labute approximate surface area is 383 Å². The van der Waals surface area contributed by atoms with Crippen molar-refractivity contribution < 1.29 is 0 Å². The zero-order valence-corrected chi connectivity index (χ0v) is 36.3. The van der Waals surface area contributed by atoms with E-state index in [1.807, 2.05) is 0 Å². The highest BCUT2D eigenvalue weighted by Gasteiger charge is 2.11. The van der Waals surface area contributed by atoms with Crippen LogP contribution in [0.1, 0.15) is 33.4 Å². The molecule has 0 heterocycles. The molecule has 0 aliphatic heterocycles. The second kappa shape index (κ2) is 19.4. The lowest BCUT2D eigenvalue weighted by molar-refractivity contribution is 1.27. The van der Waals surface area contributed by atoms with Crippen LogP contribution >= 0.6 is 0 Å². The average Bonchev–Trinajstić information content (AvgIpc) is 3.40. The van der Waals surface area contributed by atoms with Crippen molar-refractivity contribution in [3.05, 3.63) is 306 Å². The van der Waals surface area contributed by atoms with Crippen LogP contribution in [0.2, 0.25) is 0 Å². The highest BCUT2D eigenvalue weighted by Crippen LogP contribution is 2.33. The Morgan fingerprint density at radius 3 is 0.785 bits per heavy atom. The van der Waals surface area contributed by atoms with Gasteiger partial charge in [0.25, 0.3) is 0 Å². The van der Waals surface area contributed by atoms with Gasteiger partial charge in [0.05, 0.1) is 0 Å². The zero-order chi connectivity index (χ0) is 43.6. The van der Waals surface area contributed by atoms with Gasteiger partial charge in [-0.15, -0.1) is 0 Å². The fourth-order valence-corrected chi connectivity index (χ4v) is 8.62. The maximum atomic E-state index is 2.38. The van der Waals surface area contributed by atoms with E-state index in [1.54, 1.807) is 0 Å². The number of allylic oxidation sites excluding steroid dienone is 1. The lowest BCUT2D eigenvalue weighted by Crippen LogP contribution is -1.92. The Bertz CT molecular complexity index is 2970. The van der Waals surface area contributed by atoms with Gasteiger partial charge in [-0.3, -0.25) is 0 Å². The summed E-state index contributed by atoms with van der Waals surface area (Å²) < 4.78 is 0. The third kappa shape index (κ3) is 9.69. The van der Waals surface area contributed by atoms with Gasteiger partial charge in [0.15, 0.2) is 0 Å². The van der Waals surface area contributed by atoms with Crippen LogP contribution in [0.15, 0.2) is 273 Å². The molecule has 0 atom stereocenters. The summed E-state index contributed by atoms with van der Waals surface area (Å²) in [7, 11) is 0. The molecule has 0 aliphatic rings. The molecule has 10 rings (SSSR count). The fraction of sp³-hybridized carbons (Fsp3) is 0.0154. The predicted octanol–water partition coefficient (Wildman–Crippen LogP) is 17.3. The monoisotopic (exact) mass is 828 g/mol. The van der Waals surface area contributed by atoms with E-state index in [-0.39, 0.29) is 0 Å². The Kier molecular flexibility index (Phi) is 12.1. The van der Waals surface area contributed by atoms with E-state index in [4.69, 9.17) is 0 Å². The molecule has 0 amide bonds. The lowest BCUT2D eigenvalue weighted by Gasteiger charge is -2.12. The van der Waals surface area contributed by atoms with Crippen LogP contribution in [0, 0.1) is 0 Å². The van der Waals surface area contributed by atoms with Crippen LogP contribution in [0.4, 0.5) is 0 Å². The topological polar surface area (TPSA) is 0 Å². The molecule has 0 bridgehead atoms. The summed E-state index contributed by atoms with van der Waals surface area (Å²) in [5.41, 5.74) is 21.8. The van der Waals surface area contributed by atoms with Crippen molar-refractivity contribution in [3.63, 3.8) is 0 Å². The molecular formula is C65H48. The quantitative estimate of drug-likeness (QED) is 0.108. The van der Waals surface area contributed by atoms with Gasteiger partial charge in [0.1, 0.15) is 0 Å². The molecule has 308 valence electrons. The molecule has 0 unspecified atom stereocenters. The van der Waals surface area contributed by atoms with Crippen LogP contribution in [0.3, 0.4) is 0 Å². The van der Waals surface area contributed by atoms with Crippen LogP contribution in [0.5, 0.6) is 0 Å². The van der Waals surface area contributed by atoms with Crippen molar-refractivity contribution >= 4 is 17.2 Å². The third-order valence-corrected chi connectivity index (χ3v) is 12.3. The van der Waals surface area contributed by atoms with E-state index >= 15 is 0 Å². The van der Waals surface area contributed by atoms with E-state index in [1.165, 1.54) is 94.6 Å². The molecule has 65 heavy (non-hydrogen) atoms. The maximum absolute atomic E-state index is 2.38. The highest BCUT2D eigenvalue weighted by atomic mass is 14.2. The van der Waals surface area contributed by atoms with Crippen molar-refractivity contribution in [1.82, 2.24) is 0 Å². The first kappa shape index (κ1) is 40.7. The molecule has 10 aromatic rings. The molecule has 0 heteroatoms. The molecule has 10 aromatic carbocycles. The summed E-state index contributed by atoms with van der Waals surface area (Å²) in [6.07, 6.45) is 5.52. The first-order valence-electron chi connectivity index (χ1n) is 22.4. The molecule has 0 fully saturated rings. The molecular weight excluding hydrogens is 781 g/mol. The van der Waals surface area contributed by atoms with Crippen LogP contribution in [-0.2, 0) is 6.42 Å². The van der Waals surface area contributed by atoms with Crippen molar-refractivity contribution in [1.29, 1.82) is 0 Å². The molecule has 0 N–H and O–H groups in total. The molecule has 0 aromatic heterocycles. The van der Waals surface area contributed by atoms with E-state index in [0.29, 0.717) is 0 Å². The SMILES string of the molecule is C(Cc1ccc(-c2ccc(C=C(c3ccc(-c4ccccc4)cc3)c3ccc(-c4ccccc4)cc3)cc2)cc1)=C(c1ccc(-c2ccccc2)cc1)c1ccc(-c2ccccc2)cc1. The molecule has 0 radical (unpaired) electrons. The van der Waals surface area contributed by atoms with Crippen molar-refractivity contribution in [2.75, 3.05) is 0 Å². The highest BCUT2D eigenvalue weighted by molar-refractivity contribution is 5.92. The van der Waals surface area contributed by atoms with E-state index in [2.05, 4.69) is 279 Å². The largest absolute Gasteiger partial charge is 0.0717 e. The Morgan fingerprint density at radius 2 is 0.477 bits per heavy atom. The van der Waals surface area contributed by atoms with Crippen LogP contribution < -0.4 is 0 Å². The summed E-state index contributed by atoms with van der Waals surface area (Å²) in [5.74, 6) is 0. The van der Waals surface area contributed by atoms with E-state index in [0.717, 1.165) is 12.0 Å². The van der Waals surface area contributed by atoms with Crippen molar-refractivity contribution in [2.24, 2.45) is 0 Å². The summed E-state index contributed by atoms with van der Waals surface area (Å²) in [4.78, 5) is 0. The second-order valence-electron chi connectivity index (χ2n) is 16.5. The standard InChI is InChI=1S/C65H48/c1-5-13-50(14-6-1)56-30-38-60(39-31-56)64(61-40-32-57(33-41-61)51-15-7-2-8-16-51)46-25-48-21-26-54(27-22-48)55-28-23-49(24-29-55)47-65(62-42-34-58(35-43-62)52-17-9-3-10-18-52)63-44-36-59(37-45-63)53-19-11-4-12-20-53/h1-24,26-47H,25H2. The number of hydrogen-bond donors (Lipinski definition) is 0.